The largest absolute Gasteiger partial charge is 2.00 e. The van der Waals surface area contributed by atoms with Crippen molar-refractivity contribution in [3.8, 4) is 0 Å². The Morgan fingerprint density at radius 3 is 0.321 bits per heavy atom. The summed E-state index contributed by atoms with van der Waals surface area (Å²) >= 11 is 0. The van der Waals surface area contributed by atoms with E-state index in [0.717, 1.165) is 38.8 Å². The maximum Gasteiger partial charge on any atom is 2.00 e. The molecular formula is C102H204CaN2O4. The van der Waals surface area contributed by atoms with Gasteiger partial charge in [-0.3, -0.25) is 0 Å². The third-order valence-corrected chi connectivity index (χ3v) is 24.5. The van der Waals surface area contributed by atoms with Crippen molar-refractivity contribution in [2.24, 2.45) is 0 Å². The van der Waals surface area contributed by atoms with Crippen LogP contribution in [0.1, 0.15) is 606 Å². The molecule has 0 aromatic carbocycles. The normalized spacial score (nSPS) is 11.6. The summed E-state index contributed by atoms with van der Waals surface area (Å²) in [6.45, 7) is 16.1. The summed E-state index contributed by atoms with van der Waals surface area (Å²) in [5.41, 5.74) is 0. The van der Waals surface area contributed by atoms with E-state index in [-0.39, 0.29) is 50.6 Å². The number of carboxylic acid groups (broad SMARTS) is 2. The average Bonchev–Trinajstić information content (AvgIpc) is 1.07. The number of aliphatic carboxylic acids is 2. The smallest absolute Gasteiger partial charge is 0.550 e. The fraction of sp³-hybridized carbons (Fsp3) is 0.980. The summed E-state index contributed by atoms with van der Waals surface area (Å²) in [5.74, 6) is -1.79. The Hall–Kier alpha value is 0.120. The van der Waals surface area contributed by atoms with Gasteiger partial charge in [0.2, 0.25) is 0 Å². The molecule has 109 heavy (non-hydrogen) atoms. The van der Waals surface area contributed by atoms with Crippen molar-refractivity contribution in [2.45, 2.75) is 606 Å². The molecule has 0 unspecified atom stereocenters. The van der Waals surface area contributed by atoms with Gasteiger partial charge >= 0.3 is 37.7 Å². The summed E-state index contributed by atoms with van der Waals surface area (Å²) in [6.07, 6.45) is 124. The molecule has 0 bridgehead atoms. The molecule has 0 N–H and O–H groups in total. The quantitative estimate of drug-likeness (QED) is 0.0445. The maximum atomic E-state index is 10.9. The Balaban J connectivity index is -0.00000204. The van der Waals surface area contributed by atoms with Crippen LogP contribution in [0, 0.1) is 0 Å². The minimum atomic E-state index is -0.893. The molecule has 6 nitrogen and oxygen atoms in total. The van der Waals surface area contributed by atoms with Crippen LogP contribution in [-0.4, -0.2) is 98.7 Å². The van der Waals surface area contributed by atoms with Gasteiger partial charge in [-0.1, -0.05) is 541 Å². The Bertz CT molecular complexity index is 1390. The first-order valence-corrected chi connectivity index (χ1v) is 51.2. The summed E-state index contributed by atoms with van der Waals surface area (Å²) in [4.78, 5) is 27.0. The van der Waals surface area contributed by atoms with Crippen LogP contribution in [0.5, 0.6) is 0 Å². The van der Waals surface area contributed by atoms with Crippen molar-refractivity contribution in [3.63, 3.8) is 0 Å². The van der Waals surface area contributed by atoms with Gasteiger partial charge < -0.3 is 29.6 Å². The molecule has 0 aliphatic carbocycles. The predicted molar refractivity (Wildman–Crippen MR) is 487 cm³/mol. The van der Waals surface area contributed by atoms with Crippen LogP contribution in [0.15, 0.2) is 0 Å². The SMILES string of the molecule is CCCCCCCCCCCCCCCCCCCCCCCN(CCCCCCCCCCCCCCCCCCCCCCC)CCCCC(=O)[O-].CCCCCCCCCCCCCCCCCCCCCCCN(CCCCCCCCCCCCCCCCCCCCCCC)CCCCC(=O)[O-].[Ca+2]. The number of hydrogen-bond donors (Lipinski definition) is 0. The fourth-order valence-electron chi connectivity index (χ4n) is 16.9. The van der Waals surface area contributed by atoms with Crippen molar-refractivity contribution < 1.29 is 19.8 Å². The van der Waals surface area contributed by atoms with Crippen molar-refractivity contribution >= 4 is 49.7 Å². The molecule has 0 amide bonds. The number of hydrogen-bond acceptors (Lipinski definition) is 6. The van der Waals surface area contributed by atoms with Gasteiger partial charge in [-0.2, -0.15) is 0 Å². The molecule has 0 saturated carbocycles. The van der Waals surface area contributed by atoms with E-state index in [4.69, 9.17) is 0 Å². The van der Waals surface area contributed by atoms with E-state index in [2.05, 4.69) is 37.5 Å². The zero-order chi connectivity index (χ0) is 78.2. The molecule has 0 spiro atoms. The van der Waals surface area contributed by atoms with Crippen molar-refractivity contribution in [1.29, 1.82) is 0 Å². The van der Waals surface area contributed by atoms with Gasteiger partial charge in [0, 0.05) is 11.9 Å². The van der Waals surface area contributed by atoms with Crippen molar-refractivity contribution in [3.05, 3.63) is 0 Å². The number of carbonyl (C=O) groups excluding carboxylic acids is 2. The molecule has 0 aliphatic rings. The van der Waals surface area contributed by atoms with E-state index in [9.17, 15) is 19.8 Å². The third-order valence-electron chi connectivity index (χ3n) is 24.5. The first-order valence-electron chi connectivity index (χ1n) is 51.2. The summed E-state index contributed by atoms with van der Waals surface area (Å²) in [6, 6.07) is 0. The summed E-state index contributed by atoms with van der Waals surface area (Å²) in [7, 11) is 0. The molecule has 0 aliphatic heterocycles. The molecule has 0 rings (SSSR count). The number of carbonyl (C=O) groups is 2. The number of carboxylic acids is 2. The topological polar surface area (TPSA) is 86.7 Å². The van der Waals surface area contributed by atoms with Gasteiger partial charge in [0.1, 0.15) is 0 Å². The molecule has 0 saturated heterocycles. The molecule has 0 aromatic rings. The van der Waals surface area contributed by atoms with Crippen LogP contribution in [0.4, 0.5) is 0 Å². The van der Waals surface area contributed by atoms with Gasteiger partial charge in [0.05, 0.1) is 0 Å². The van der Waals surface area contributed by atoms with Gasteiger partial charge in [0.15, 0.2) is 0 Å². The summed E-state index contributed by atoms with van der Waals surface area (Å²) < 4.78 is 0. The Labute approximate surface area is 718 Å². The number of rotatable bonds is 98. The first kappa shape index (κ1) is 113. The first-order chi connectivity index (χ1) is 53.4. The zero-order valence-electron chi connectivity index (χ0n) is 76.1. The maximum absolute atomic E-state index is 10.9. The van der Waals surface area contributed by atoms with E-state index in [1.165, 1.54) is 566 Å². The average molecular weight is 1560 g/mol. The van der Waals surface area contributed by atoms with Crippen molar-refractivity contribution in [1.82, 2.24) is 9.80 Å². The van der Waals surface area contributed by atoms with Crippen LogP contribution in [0.2, 0.25) is 0 Å². The second kappa shape index (κ2) is 106. The van der Waals surface area contributed by atoms with Crippen LogP contribution < -0.4 is 10.2 Å². The Kier molecular flexibility index (Phi) is 110. The van der Waals surface area contributed by atoms with Crippen molar-refractivity contribution in [2.75, 3.05) is 39.3 Å². The van der Waals surface area contributed by atoms with Gasteiger partial charge in [-0.05, 0) is 103 Å². The predicted octanol–water partition coefficient (Wildman–Crippen LogP) is 32.9. The second-order valence-electron chi connectivity index (χ2n) is 35.6. The van der Waals surface area contributed by atoms with Crippen LogP contribution in [-0.2, 0) is 9.59 Å². The van der Waals surface area contributed by atoms with E-state index in [1.807, 2.05) is 0 Å². The van der Waals surface area contributed by atoms with Gasteiger partial charge in [0.25, 0.3) is 0 Å². The molecule has 648 valence electrons. The minimum Gasteiger partial charge on any atom is -0.550 e. The van der Waals surface area contributed by atoms with Gasteiger partial charge in [-0.25, -0.2) is 0 Å². The summed E-state index contributed by atoms with van der Waals surface area (Å²) in [5, 5.41) is 21.7. The minimum absolute atomic E-state index is 0. The fourth-order valence-corrected chi connectivity index (χ4v) is 16.9. The molecule has 0 heterocycles. The van der Waals surface area contributed by atoms with E-state index in [1.54, 1.807) is 0 Å². The van der Waals surface area contributed by atoms with Crippen LogP contribution >= 0.6 is 0 Å². The number of unbranched alkanes of at least 4 members (excludes halogenated alkanes) is 82. The molecule has 7 heteroatoms. The van der Waals surface area contributed by atoms with Gasteiger partial charge in [-0.15, -0.1) is 0 Å². The zero-order valence-corrected chi connectivity index (χ0v) is 78.3. The van der Waals surface area contributed by atoms with E-state index < -0.39 is 11.9 Å². The molecule has 0 aromatic heterocycles. The Morgan fingerprint density at radius 2 is 0.229 bits per heavy atom. The Morgan fingerprint density at radius 1 is 0.147 bits per heavy atom. The second-order valence-corrected chi connectivity index (χ2v) is 35.6. The van der Waals surface area contributed by atoms with E-state index in [0.29, 0.717) is 0 Å². The van der Waals surface area contributed by atoms with Crippen LogP contribution in [0.25, 0.3) is 0 Å². The molecular weight excluding hydrogens is 1360 g/mol. The van der Waals surface area contributed by atoms with E-state index >= 15 is 0 Å². The monoisotopic (exact) mass is 1560 g/mol. The molecule has 0 fully saturated rings. The standard InChI is InChI=1S/2C51H103NO2.Ca/c2*1-3-5-7-9-11-13-15-17-19-21-23-25-27-29-31-33-35-37-39-41-44-48-52(50-46-43-47-51(53)54)49-45-42-40-38-36-34-32-30-28-26-24-22-20-18-16-14-12-10-8-6-4-2;/h2*3-50H2,1-2H3,(H,53,54);/q;;+2/p-2. The molecule has 0 atom stereocenters. The third kappa shape index (κ3) is 108. The van der Waals surface area contributed by atoms with Crippen LogP contribution in [0.3, 0.4) is 0 Å². The number of nitrogens with zero attached hydrogens (tertiary/aromatic N) is 2. The molecule has 0 radical (unpaired) electrons.